The number of rotatable bonds is 9. The van der Waals surface area contributed by atoms with Crippen LogP contribution in [0, 0.1) is 5.92 Å². The van der Waals surface area contributed by atoms with E-state index >= 15 is 0 Å². The molecule has 1 aromatic carbocycles. The Morgan fingerprint density at radius 3 is 2.27 bits per heavy atom. The molecule has 1 aromatic rings. The predicted molar refractivity (Wildman–Crippen MR) is 127 cm³/mol. The lowest BCUT2D eigenvalue weighted by molar-refractivity contribution is -0.127. The average molecular weight is 461 g/mol. The number of hydrogen-bond acceptors (Lipinski definition) is 4. The van der Waals surface area contributed by atoms with Crippen LogP contribution >= 0.6 is 24.8 Å². The van der Waals surface area contributed by atoms with Crippen molar-refractivity contribution in [2.45, 2.75) is 71.1 Å². The van der Waals surface area contributed by atoms with Gasteiger partial charge in [-0.1, -0.05) is 57.4 Å². The summed E-state index contributed by atoms with van der Waals surface area (Å²) in [7, 11) is 2.19. The van der Waals surface area contributed by atoms with Gasteiger partial charge in [0.05, 0.1) is 12.6 Å². The van der Waals surface area contributed by atoms with E-state index in [9.17, 15) is 9.59 Å². The van der Waals surface area contributed by atoms with Crippen LogP contribution < -0.4 is 16.4 Å². The van der Waals surface area contributed by atoms with Gasteiger partial charge in [-0.3, -0.25) is 14.5 Å². The highest BCUT2D eigenvalue weighted by Gasteiger charge is 2.19. The number of nitrogens with one attached hydrogen (secondary N) is 2. The third-order valence-corrected chi connectivity index (χ3v) is 5.66. The fourth-order valence-electron chi connectivity index (χ4n) is 3.65. The molecule has 0 spiro atoms. The number of carbonyl (C=O) groups is 2. The molecule has 0 radical (unpaired) electrons. The van der Waals surface area contributed by atoms with Crippen molar-refractivity contribution in [3.63, 3.8) is 0 Å². The first kappa shape index (κ1) is 28.7. The maximum atomic E-state index is 12.1. The SMILES string of the molecule is CC(C)[C@H](N)C(=O)NCC(=O)NCc1ccccc1CN(C)C1CCCCC1.Cl.Cl. The van der Waals surface area contributed by atoms with Crippen LogP contribution in [0.25, 0.3) is 0 Å². The van der Waals surface area contributed by atoms with Gasteiger partial charge >= 0.3 is 0 Å². The Kier molecular flexibility index (Phi) is 14.0. The quantitative estimate of drug-likeness (QED) is 0.528. The van der Waals surface area contributed by atoms with Crippen LogP contribution in [0.15, 0.2) is 24.3 Å². The lowest BCUT2D eigenvalue weighted by Crippen LogP contribution is -2.47. The molecule has 0 aromatic heterocycles. The van der Waals surface area contributed by atoms with Gasteiger partial charge in [0, 0.05) is 19.1 Å². The number of nitrogens with two attached hydrogens (primary N) is 1. The zero-order valence-electron chi connectivity index (χ0n) is 18.4. The summed E-state index contributed by atoms with van der Waals surface area (Å²) in [6.07, 6.45) is 6.53. The molecule has 172 valence electrons. The summed E-state index contributed by atoms with van der Waals surface area (Å²) in [4.78, 5) is 26.4. The largest absolute Gasteiger partial charge is 0.350 e. The number of carbonyl (C=O) groups excluding carboxylic acids is 2. The van der Waals surface area contributed by atoms with E-state index in [0.29, 0.717) is 12.6 Å². The van der Waals surface area contributed by atoms with E-state index in [1.807, 2.05) is 26.0 Å². The number of hydrogen-bond donors (Lipinski definition) is 3. The summed E-state index contributed by atoms with van der Waals surface area (Å²) in [6, 6.07) is 8.28. The molecule has 1 atom stereocenters. The monoisotopic (exact) mass is 460 g/mol. The molecule has 30 heavy (non-hydrogen) atoms. The highest BCUT2D eigenvalue weighted by Crippen LogP contribution is 2.23. The normalized spacial score (nSPS) is 15.1. The molecule has 8 heteroatoms. The predicted octanol–water partition coefficient (Wildman–Crippen LogP) is 3.01. The average Bonchev–Trinajstić information content (AvgIpc) is 2.71. The molecular weight excluding hydrogens is 423 g/mol. The molecule has 1 aliphatic rings. The van der Waals surface area contributed by atoms with Crippen molar-refractivity contribution in [2.24, 2.45) is 11.7 Å². The Labute approximate surface area is 193 Å². The molecule has 6 nitrogen and oxygen atoms in total. The number of nitrogens with zero attached hydrogens (tertiary/aromatic N) is 1. The van der Waals surface area contributed by atoms with Gasteiger partial charge in [-0.05, 0) is 36.9 Å². The van der Waals surface area contributed by atoms with Crippen LogP contribution in [0.3, 0.4) is 0 Å². The number of amides is 2. The summed E-state index contributed by atoms with van der Waals surface area (Å²) in [5.74, 6) is -0.463. The Hall–Kier alpha value is -1.34. The van der Waals surface area contributed by atoms with Gasteiger partial charge in [-0.25, -0.2) is 0 Å². The molecule has 1 saturated carbocycles. The zero-order chi connectivity index (χ0) is 20.5. The lowest BCUT2D eigenvalue weighted by Gasteiger charge is -2.31. The molecular formula is C22H38Cl2N4O2. The van der Waals surface area contributed by atoms with Crippen LogP contribution in [0.2, 0.25) is 0 Å². The van der Waals surface area contributed by atoms with Crippen molar-refractivity contribution >= 4 is 36.6 Å². The highest BCUT2D eigenvalue weighted by molar-refractivity contribution is 5.87. The summed E-state index contributed by atoms with van der Waals surface area (Å²) >= 11 is 0. The molecule has 1 aliphatic carbocycles. The Morgan fingerprint density at radius 1 is 1.07 bits per heavy atom. The molecule has 2 rings (SSSR count). The Balaban J connectivity index is 0.00000420. The minimum absolute atomic E-state index is 0. The van der Waals surface area contributed by atoms with E-state index in [4.69, 9.17) is 5.73 Å². The van der Waals surface area contributed by atoms with E-state index in [0.717, 1.165) is 12.1 Å². The molecule has 0 unspecified atom stereocenters. The Morgan fingerprint density at radius 2 is 1.67 bits per heavy atom. The third kappa shape index (κ3) is 9.21. The highest BCUT2D eigenvalue weighted by atomic mass is 35.5. The topological polar surface area (TPSA) is 87.5 Å². The minimum Gasteiger partial charge on any atom is -0.350 e. The second kappa shape index (κ2) is 14.6. The van der Waals surface area contributed by atoms with Crippen LogP contribution in [-0.4, -0.2) is 42.4 Å². The van der Waals surface area contributed by atoms with Crippen molar-refractivity contribution in [2.75, 3.05) is 13.6 Å². The fraction of sp³-hybridized carbons (Fsp3) is 0.636. The minimum atomic E-state index is -0.594. The van der Waals surface area contributed by atoms with E-state index in [1.54, 1.807) is 0 Å². The van der Waals surface area contributed by atoms with Crippen molar-refractivity contribution in [3.05, 3.63) is 35.4 Å². The van der Waals surface area contributed by atoms with E-state index in [1.165, 1.54) is 37.7 Å². The third-order valence-electron chi connectivity index (χ3n) is 5.66. The first-order valence-electron chi connectivity index (χ1n) is 10.5. The molecule has 2 amide bonds. The van der Waals surface area contributed by atoms with Crippen LogP contribution in [-0.2, 0) is 22.7 Å². The van der Waals surface area contributed by atoms with Crippen molar-refractivity contribution in [3.8, 4) is 0 Å². The van der Waals surface area contributed by atoms with Gasteiger partial charge in [0.25, 0.3) is 0 Å². The summed E-state index contributed by atoms with van der Waals surface area (Å²) in [5, 5.41) is 5.51. The Bertz CT molecular complexity index is 652. The van der Waals surface area contributed by atoms with Crippen molar-refractivity contribution < 1.29 is 9.59 Å². The first-order chi connectivity index (χ1) is 13.4. The number of halogens is 2. The van der Waals surface area contributed by atoms with Gasteiger partial charge in [-0.2, -0.15) is 0 Å². The van der Waals surface area contributed by atoms with Gasteiger partial charge in [-0.15, -0.1) is 24.8 Å². The zero-order valence-corrected chi connectivity index (χ0v) is 20.0. The van der Waals surface area contributed by atoms with Gasteiger partial charge in [0.1, 0.15) is 0 Å². The molecule has 0 saturated heterocycles. The van der Waals surface area contributed by atoms with Crippen LogP contribution in [0.5, 0.6) is 0 Å². The van der Waals surface area contributed by atoms with E-state index < -0.39 is 6.04 Å². The van der Waals surface area contributed by atoms with Crippen molar-refractivity contribution in [1.82, 2.24) is 15.5 Å². The molecule has 0 aliphatic heterocycles. The maximum absolute atomic E-state index is 12.1. The van der Waals surface area contributed by atoms with Gasteiger partial charge in [0.2, 0.25) is 11.8 Å². The standard InChI is InChI=1S/C22H36N4O2.2ClH/c1-16(2)21(23)22(28)25-14-20(27)24-13-17-9-7-8-10-18(17)15-26(3)19-11-5-4-6-12-19;;/h7-10,16,19,21H,4-6,11-15,23H2,1-3H3,(H,24,27)(H,25,28);2*1H/t21-;;/m0../s1. The number of benzene rings is 1. The molecule has 4 N–H and O–H groups in total. The second-order valence-electron chi connectivity index (χ2n) is 8.24. The molecule has 0 bridgehead atoms. The summed E-state index contributed by atoms with van der Waals surface area (Å²) in [5.41, 5.74) is 8.14. The summed E-state index contributed by atoms with van der Waals surface area (Å²) in [6.45, 7) is 5.05. The van der Waals surface area contributed by atoms with Gasteiger partial charge in [0.15, 0.2) is 0 Å². The van der Waals surface area contributed by atoms with Crippen molar-refractivity contribution in [1.29, 1.82) is 0 Å². The molecule has 1 fully saturated rings. The lowest BCUT2D eigenvalue weighted by atomic mass is 9.94. The van der Waals surface area contributed by atoms with E-state index in [2.05, 4.69) is 34.7 Å². The second-order valence-corrected chi connectivity index (χ2v) is 8.24. The summed E-state index contributed by atoms with van der Waals surface area (Å²) < 4.78 is 0. The van der Waals surface area contributed by atoms with Crippen LogP contribution in [0.4, 0.5) is 0 Å². The fourth-order valence-corrected chi connectivity index (χ4v) is 3.65. The first-order valence-corrected chi connectivity index (χ1v) is 10.5. The maximum Gasteiger partial charge on any atom is 0.239 e. The van der Waals surface area contributed by atoms with Crippen LogP contribution in [0.1, 0.15) is 57.1 Å². The van der Waals surface area contributed by atoms with Gasteiger partial charge < -0.3 is 16.4 Å². The molecule has 0 heterocycles. The van der Waals surface area contributed by atoms with E-state index in [-0.39, 0.29) is 49.1 Å². The smallest absolute Gasteiger partial charge is 0.239 e.